The molecule has 0 unspecified atom stereocenters. The quantitative estimate of drug-likeness (QED) is 0.779. The fourth-order valence-electron chi connectivity index (χ4n) is 2.77. The van der Waals surface area contributed by atoms with Crippen molar-refractivity contribution in [2.45, 2.75) is 37.8 Å². The summed E-state index contributed by atoms with van der Waals surface area (Å²) in [5.74, 6) is 0. The highest BCUT2D eigenvalue weighted by Crippen LogP contribution is 2.32. The van der Waals surface area contributed by atoms with E-state index in [0.717, 1.165) is 46.0 Å². The van der Waals surface area contributed by atoms with Crippen LogP contribution >= 0.6 is 28.1 Å². The predicted molar refractivity (Wildman–Crippen MR) is 78.3 cm³/mol. The number of aromatic amines is 1. The average molecular weight is 327 g/mol. The largest absolute Gasteiger partial charge is 0.393 e. The van der Waals surface area contributed by atoms with E-state index in [-0.39, 0.29) is 6.10 Å². The Morgan fingerprint density at radius 2 is 2.00 bits per heavy atom. The summed E-state index contributed by atoms with van der Waals surface area (Å²) in [7, 11) is 0. The summed E-state index contributed by atoms with van der Waals surface area (Å²) in [6.45, 7) is 0. The summed E-state index contributed by atoms with van der Waals surface area (Å²) < 4.78 is 4.06. The van der Waals surface area contributed by atoms with Crippen LogP contribution < -0.4 is 0 Å². The van der Waals surface area contributed by atoms with Gasteiger partial charge in [-0.3, -0.25) is 0 Å². The summed E-state index contributed by atoms with van der Waals surface area (Å²) in [4.78, 5) is 3.26. The van der Waals surface area contributed by atoms with E-state index in [1.54, 1.807) is 0 Å². The number of aliphatic hydroxyl groups excluding tert-OH is 1. The van der Waals surface area contributed by atoms with Gasteiger partial charge in [-0.1, -0.05) is 15.9 Å². The first-order chi connectivity index (χ1) is 8.65. The number of nitrogens with zero attached hydrogens (tertiary/aromatic N) is 1. The monoisotopic (exact) mass is 326 g/mol. The Hall–Kier alpha value is -0.650. The van der Waals surface area contributed by atoms with Crippen molar-refractivity contribution in [3.8, 4) is 0 Å². The van der Waals surface area contributed by atoms with Gasteiger partial charge >= 0.3 is 0 Å². The van der Waals surface area contributed by atoms with Crippen molar-refractivity contribution in [1.82, 2.24) is 9.55 Å². The normalized spacial score (nSPS) is 24.6. The number of halogens is 1. The number of aliphatic hydroxyl groups is 1. The minimum Gasteiger partial charge on any atom is -0.393 e. The molecule has 18 heavy (non-hydrogen) atoms. The molecule has 1 aromatic carbocycles. The van der Waals surface area contributed by atoms with Crippen molar-refractivity contribution in [3.63, 3.8) is 0 Å². The lowest BCUT2D eigenvalue weighted by atomic mass is 9.93. The van der Waals surface area contributed by atoms with Gasteiger partial charge in [0.2, 0.25) is 0 Å². The number of rotatable bonds is 1. The lowest BCUT2D eigenvalue weighted by molar-refractivity contribution is 0.111. The van der Waals surface area contributed by atoms with Crippen molar-refractivity contribution in [1.29, 1.82) is 0 Å². The zero-order valence-corrected chi connectivity index (χ0v) is 12.3. The van der Waals surface area contributed by atoms with Gasteiger partial charge in [0.25, 0.3) is 0 Å². The molecule has 1 aromatic heterocycles. The predicted octanol–water partition coefficient (Wildman–Crippen LogP) is 3.94. The summed E-state index contributed by atoms with van der Waals surface area (Å²) in [5, 5.41) is 9.60. The van der Waals surface area contributed by atoms with Gasteiger partial charge in [-0.15, -0.1) is 0 Å². The van der Waals surface area contributed by atoms with E-state index >= 15 is 0 Å². The van der Waals surface area contributed by atoms with Gasteiger partial charge in [-0.05, 0) is 56.1 Å². The molecule has 1 aliphatic rings. The Bertz CT molecular complexity index is 625. The molecule has 0 radical (unpaired) electrons. The van der Waals surface area contributed by atoms with Crippen LogP contribution in [0.15, 0.2) is 22.7 Å². The average Bonchev–Trinajstić information content (AvgIpc) is 2.66. The number of nitrogens with one attached hydrogen (secondary N) is 1. The lowest BCUT2D eigenvalue weighted by Gasteiger charge is -2.27. The van der Waals surface area contributed by atoms with E-state index in [2.05, 4.69) is 31.5 Å². The van der Waals surface area contributed by atoms with Crippen LogP contribution in [0, 0.1) is 4.77 Å². The maximum atomic E-state index is 9.60. The highest BCUT2D eigenvalue weighted by atomic mass is 79.9. The van der Waals surface area contributed by atoms with Crippen molar-refractivity contribution >= 4 is 39.2 Å². The van der Waals surface area contributed by atoms with Crippen LogP contribution in [0.5, 0.6) is 0 Å². The second-order valence-corrected chi connectivity index (χ2v) is 6.23. The van der Waals surface area contributed by atoms with Gasteiger partial charge in [0.1, 0.15) is 0 Å². The van der Waals surface area contributed by atoms with E-state index in [0.29, 0.717) is 6.04 Å². The minimum absolute atomic E-state index is 0.132. The van der Waals surface area contributed by atoms with E-state index < -0.39 is 0 Å². The summed E-state index contributed by atoms with van der Waals surface area (Å²) in [6, 6.07) is 6.57. The molecule has 0 aliphatic heterocycles. The third kappa shape index (κ3) is 2.15. The van der Waals surface area contributed by atoms with Crippen molar-refractivity contribution in [2.24, 2.45) is 0 Å². The van der Waals surface area contributed by atoms with Crippen LogP contribution in [0.3, 0.4) is 0 Å². The van der Waals surface area contributed by atoms with Gasteiger partial charge in [0.15, 0.2) is 4.77 Å². The van der Waals surface area contributed by atoms with Gasteiger partial charge in [0.05, 0.1) is 17.1 Å². The molecule has 0 spiro atoms. The fraction of sp³-hybridized carbons (Fsp3) is 0.462. The van der Waals surface area contributed by atoms with Crippen LogP contribution in [0.1, 0.15) is 31.7 Å². The molecule has 0 bridgehead atoms. The number of aromatic nitrogens is 2. The molecule has 1 fully saturated rings. The Morgan fingerprint density at radius 1 is 1.28 bits per heavy atom. The number of hydrogen-bond donors (Lipinski definition) is 2. The van der Waals surface area contributed by atoms with Gasteiger partial charge in [-0.2, -0.15) is 0 Å². The molecule has 1 heterocycles. The zero-order chi connectivity index (χ0) is 12.7. The van der Waals surface area contributed by atoms with Gasteiger partial charge < -0.3 is 14.7 Å². The number of benzene rings is 1. The van der Waals surface area contributed by atoms with Crippen LogP contribution in [0.4, 0.5) is 0 Å². The smallest absolute Gasteiger partial charge is 0.178 e. The fourth-order valence-corrected chi connectivity index (χ4v) is 3.48. The molecule has 0 atom stereocenters. The highest BCUT2D eigenvalue weighted by molar-refractivity contribution is 9.10. The van der Waals surface area contributed by atoms with Gasteiger partial charge in [0, 0.05) is 10.5 Å². The highest BCUT2D eigenvalue weighted by Gasteiger charge is 2.22. The molecular formula is C13H15BrN2OS. The molecule has 96 valence electrons. The molecule has 3 rings (SSSR count). The second kappa shape index (κ2) is 4.79. The maximum Gasteiger partial charge on any atom is 0.178 e. The topological polar surface area (TPSA) is 41.0 Å². The molecule has 2 aromatic rings. The number of fused-ring (bicyclic) bond motifs is 1. The standard InChI is InChI=1S/C13H15BrN2OS/c14-8-1-6-11-12(7-8)16(13(18)15-11)9-2-4-10(17)5-3-9/h1,6-7,9-10,17H,2-5H2,(H,15,18). The first kappa shape index (κ1) is 12.4. The molecule has 0 saturated heterocycles. The van der Waals surface area contributed by atoms with E-state index in [1.807, 2.05) is 12.1 Å². The zero-order valence-electron chi connectivity index (χ0n) is 9.90. The van der Waals surface area contributed by atoms with Crippen molar-refractivity contribution in [3.05, 3.63) is 27.4 Å². The Labute approximate surface area is 119 Å². The van der Waals surface area contributed by atoms with E-state index in [1.165, 1.54) is 0 Å². The Morgan fingerprint density at radius 3 is 2.72 bits per heavy atom. The van der Waals surface area contributed by atoms with Crippen molar-refractivity contribution < 1.29 is 5.11 Å². The van der Waals surface area contributed by atoms with Crippen LogP contribution in [0.2, 0.25) is 0 Å². The van der Waals surface area contributed by atoms with Crippen LogP contribution in [-0.2, 0) is 0 Å². The van der Waals surface area contributed by atoms with Gasteiger partial charge in [-0.25, -0.2) is 0 Å². The van der Waals surface area contributed by atoms with E-state index in [9.17, 15) is 5.11 Å². The van der Waals surface area contributed by atoms with Crippen LogP contribution in [0.25, 0.3) is 11.0 Å². The third-order valence-corrected chi connectivity index (χ3v) is 4.50. The third-order valence-electron chi connectivity index (χ3n) is 3.71. The second-order valence-electron chi connectivity index (χ2n) is 4.92. The number of hydrogen-bond acceptors (Lipinski definition) is 2. The minimum atomic E-state index is -0.132. The Kier molecular flexibility index (Phi) is 3.30. The van der Waals surface area contributed by atoms with Crippen LogP contribution in [-0.4, -0.2) is 20.8 Å². The lowest BCUT2D eigenvalue weighted by Crippen LogP contribution is -2.21. The molecular weight excluding hydrogens is 312 g/mol. The molecule has 3 nitrogen and oxygen atoms in total. The molecule has 1 aliphatic carbocycles. The molecule has 1 saturated carbocycles. The molecule has 0 amide bonds. The molecule has 5 heteroatoms. The number of imidazole rings is 1. The SMILES string of the molecule is OC1CCC(n2c(=S)[nH]c3ccc(Br)cc32)CC1. The first-order valence-electron chi connectivity index (χ1n) is 6.23. The van der Waals surface area contributed by atoms with E-state index in [4.69, 9.17) is 12.2 Å². The summed E-state index contributed by atoms with van der Waals surface area (Å²) in [5.41, 5.74) is 2.23. The number of H-pyrrole nitrogens is 1. The Balaban J connectivity index is 2.08. The first-order valence-corrected chi connectivity index (χ1v) is 7.43. The van der Waals surface area contributed by atoms with Crippen molar-refractivity contribution in [2.75, 3.05) is 0 Å². The molecule has 2 N–H and O–H groups in total. The summed E-state index contributed by atoms with van der Waals surface area (Å²) in [6.07, 6.45) is 3.59. The maximum absolute atomic E-state index is 9.60. The summed E-state index contributed by atoms with van der Waals surface area (Å²) >= 11 is 8.94.